The summed E-state index contributed by atoms with van der Waals surface area (Å²) in [6, 6.07) is 10.2. The van der Waals surface area contributed by atoms with Gasteiger partial charge in [0.1, 0.15) is 0 Å². The van der Waals surface area contributed by atoms with Crippen LogP contribution in [0.1, 0.15) is 11.3 Å². The fourth-order valence-corrected chi connectivity index (χ4v) is 1.50. The molecule has 0 atom stereocenters. The number of hydrogen-bond donors (Lipinski definition) is 0. The Bertz CT molecular complexity index is 448. The van der Waals surface area contributed by atoms with Gasteiger partial charge in [-0.05, 0) is 30.7 Å². The highest BCUT2D eigenvalue weighted by Crippen LogP contribution is 2.10. The van der Waals surface area contributed by atoms with Gasteiger partial charge >= 0.3 is 0 Å². The van der Waals surface area contributed by atoms with Gasteiger partial charge in [0, 0.05) is 13.3 Å². The van der Waals surface area contributed by atoms with E-state index >= 15 is 0 Å². The van der Waals surface area contributed by atoms with Crippen LogP contribution in [-0.4, -0.2) is 16.9 Å². The SMILES string of the molecule is COCc1ccn(-c2cccc(C)c2)n1. The smallest absolute Gasteiger partial charge is 0.0902 e. The zero-order valence-electron chi connectivity index (χ0n) is 8.97. The molecule has 3 nitrogen and oxygen atoms in total. The van der Waals surface area contributed by atoms with Crippen molar-refractivity contribution in [2.24, 2.45) is 0 Å². The van der Waals surface area contributed by atoms with Crippen LogP contribution in [0.3, 0.4) is 0 Å². The second kappa shape index (κ2) is 4.28. The maximum Gasteiger partial charge on any atom is 0.0902 e. The molecule has 0 bridgehead atoms. The molecule has 0 saturated heterocycles. The molecule has 78 valence electrons. The second-order valence-electron chi connectivity index (χ2n) is 3.52. The largest absolute Gasteiger partial charge is 0.378 e. The summed E-state index contributed by atoms with van der Waals surface area (Å²) in [6.07, 6.45) is 1.95. The number of benzene rings is 1. The molecular formula is C12H14N2O. The normalized spacial score (nSPS) is 10.5. The highest BCUT2D eigenvalue weighted by atomic mass is 16.5. The third-order valence-corrected chi connectivity index (χ3v) is 2.20. The Morgan fingerprint density at radius 1 is 1.33 bits per heavy atom. The van der Waals surface area contributed by atoms with Crippen LogP contribution in [0.15, 0.2) is 36.5 Å². The van der Waals surface area contributed by atoms with Crippen molar-refractivity contribution in [1.82, 2.24) is 9.78 Å². The van der Waals surface area contributed by atoms with Gasteiger partial charge in [-0.25, -0.2) is 4.68 Å². The number of nitrogens with zero attached hydrogens (tertiary/aromatic N) is 2. The van der Waals surface area contributed by atoms with Crippen LogP contribution in [0.5, 0.6) is 0 Å². The molecule has 15 heavy (non-hydrogen) atoms. The van der Waals surface area contributed by atoms with E-state index in [-0.39, 0.29) is 0 Å². The van der Waals surface area contributed by atoms with Crippen molar-refractivity contribution in [3.05, 3.63) is 47.8 Å². The van der Waals surface area contributed by atoms with E-state index in [2.05, 4.69) is 24.2 Å². The molecule has 0 aliphatic rings. The third-order valence-electron chi connectivity index (χ3n) is 2.20. The van der Waals surface area contributed by atoms with E-state index in [9.17, 15) is 0 Å². The van der Waals surface area contributed by atoms with Crippen molar-refractivity contribution in [2.45, 2.75) is 13.5 Å². The topological polar surface area (TPSA) is 27.1 Å². The quantitative estimate of drug-likeness (QED) is 0.763. The molecule has 0 radical (unpaired) electrons. The van der Waals surface area contributed by atoms with Gasteiger partial charge in [-0.2, -0.15) is 5.10 Å². The molecule has 0 amide bonds. The molecule has 0 saturated carbocycles. The molecule has 3 heteroatoms. The minimum atomic E-state index is 0.554. The maximum absolute atomic E-state index is 5.02. The van der Waals surface area contributed by atoms with Gasteiger partial charge in [-0.3, -0.25) is 0 Å². The lowest BCUT2D eigenvalue weighted by Gasteiger charge is -2.01. The van der Waals surface area contributed by atoms with Crippen LogP contribution in [0.25, 0.3) is 5.69 Å². The lowest BCUT2D eigenvalue weighted by molar-refractivity contribution is 0.181. The van der Waals surface area contributed by atoms with Gasteiger partial charge < -0.3 is 4.74 Å². The lowest BCUT2D eigenvalue weighted by Crippen LogP contribution is -1.97. The number of hydrogen-bond acceptors (Lipinski definition) is 2. The average Bonchev–Trinajstić information content (AvgIpc) is 2.67. The molecule has 0 unspecified atom stereocenters. The van der Waals surface area contributed by atoms with Crippen LogP contribution in [0.4, 0.5) is 0 Å². The first-order valence-corrected chi connectivity index (χ1v) is 4.90. The fourth-order valence-electron chi connectivity index (χ4n) is 1.50. The van der Waals surface area contributed by atoms with Crippen molar-refractivity contribution in [2.75, 3.05) is 7.11 Å². The van der Waals surface area contributed by atoms with Gasteiger partial charge in [0.25, 0.3) is 0 Å². The zero-order chi connectivity index (χ0) is 10.7. The standard InChI is InChI=1S/C12H14N2O/c1-10-4-3-5-12(8-10)14-7-6-11(13-14)9-15-2/h3-8H,9H2,1-2H3. The summed E-state index contributed by atoms with van der Waals surface area (Å²) in [7, 11) is 1.67. The first-order chi connectivity index (χ1) is 7.29. The number of aromatic nitrogens is 2. The molecule has 2 rings (SSSR count). The van der Waals surface area contributed by atoms with Gasteiger partial charge in [-0.15, -0.1) is 0 Å². The Labute approximate surface area is 89.3 Å². The maximum atomic E-state index is 5.02. The van der Waals surface area contributed by atoms with Crippen LogP contribution in [-0.2, 0) is 11.3 Å². The van der Waals surface area contributed by atoms with E-state index in [4.69, 9.17) is 4.74 Å². The third kappa shape index (κ3) is 2.25. The Kier molecular flexibility index (Phi) is 2.83. The number of rotatable bonds is 3. The summed E-state index contributed by atoms with van der Waals surface area (Å²) in [4.78, 5) is 0. The van der Waals surface area contributed by atoms with E-state index < -0.39 is 0 Å². The van der Waals surface area contributed by atoms with Gasteiger partial charge in [-0.1, -0.05) is 12.1 Å². The highest BCUT2D eigenvalue weighted by Gasteiger charge is 2.00. The fraction of sp³-hybridized carbons (Fsp3) is 0.250. The molecule has 1 aromatic heterocycles. The molecule has 0 spiro atoms. The Morgan fingerprint density at radius 3 is 2.93 bits per heavy atom. The number of aryl methyl sites for hydroxylation is 1. The summed E-state index contributed by atoms with van der Waals surface area (Å²) in [5, 5.41) is 4.40. The summed E-state index contributed by atoms with van der Waals surface area (Å²) in [6.45, 7) is 2.63. The predicted octanol–water partition coefficient (Wildman–Crippen LogP) is 2.33. The Hall–Kier alpha value is -1.61. The zero-order valence-corrected chi connectivity index (χ0v) is 8.97. The van der Waals surface area contributed by atoms with Crippen molar-refractivity contribution < 1.29 is 4.74 Å². The van der Waals surface area contributed by atoms with Crippen molar-refractivity contribution in [1.29, 1.82) is 0 Å². The summed E-state index contributed by atoms with van der Waals surface area (Å²) < 4.78 is 6.89. The Morgan fingerprint density at radius 2 is 2.20 bits per heavy atom. The predicted molar refractivity (Wildman–Crippen MR) is 59.0 cm³/mol. The van der Waals surface area contributed by atoms with Crippen LogP contribution >= 0.6 is 0 Å². The molecule has 0 aliphatic heterocycles. The van der Waals surface area contributed by atoms with E-state index in [1.807, 2.05) is 29.1 Å². The Balaban J connectivity index is 2.29. The second-order valence-corrected chi connectivity index (χ2v) is 3.52. The molecule has 0 aliphatic carbocycles. The monoisotopic (exact) mass is 202 g/mol. The van der Waals surface area contributed by atoms with Gasteiger partial charge in [0.15, 0.2) is 0 Å². The molecular weight excluding hydrogens is 188 g/mol. The minimum Gasteiger partial charge on any atom is -0.378 e. The lowest BCUT2D eigenvalue weighted by atomic mass is 10.2. The van der Waals surface area contributed by atoms with E-state index in [0.29, 0.717) is 6.61 Å². The van der Waals surface area contributed by atoms with Crippen LogP contribution < -0.4 is 0 Å². The van der Waals surface area contributed by atoms with Crippen LogP contribution in [0.2, 0.25) is 0 Å². The molecule has 1 aromatic carbocycles. The molecule has 0 N–H and O–H groups in total. The summed E-state index contributed by atoms with van der Waals surface area (Å²) in [5.41, 5.74) is 3.26. The average molecular weight is 202 g/mol. The van der Waals surface area contributed by atoms with Crippen molar-refractivity contribution in [3.8, 4) is 5.69 Å². The van der Waals surface area contributed by atoms with Crippen LogP contribution in [0, 0.1) is 6.92 Å². The van der Waals surface area contributed by atoms with Crippen molar-refractivity contribution >= 4 is 0 Å². The van der Waals surface area contributed by atoms with Crippen molar-refractivity contribution in [3.63, 3.8) is 0 Å². The molecule has 0 fully saturated rings. The van der Waals surface area contributed by atoms with E-state index in [1.54, 1.807) is 7.11 Å². The minimum absolute atomic E-state index is 0.554. The molecule has 1 heterocycles. The summed E-state index contributed by atoms with van der Waals surface area (Å²) >= 11 is 0. The van der Waals surface area contributed by atoms with Gasteiger partial charge in [0.05, 0.1) is 18.0 Å². The van der Waals surface area contributed by atoms with E-state index in [0.717, 1.165) is 11.4 Å². The number of ether oxygens (including phenoxy) is 1. The van der Waals surface area contributed by atoms with E-state index in [1.165, 1.54) is 5.56 Å². The first kappa shape index (κ1) is 9.93. The molecule has 2 aromatic rings. The number of methoxy groups -OCH3 is 1. The first-order valence-electron chi connectivity index (χ1n) is 4.90. The van der Waals surface area contributed by atoms with Gasteiger partial charge in [0.2, 0.25) is 0 Å². The summed E-state index contributed by atoms with van der Waals surface area (Å²) in [5.74, 6) is 0. The highest BCUT2D eigenvalue weighted by molar-refractivity contribution is 5.34.